The van der Waals surface area contributed by atoms with E-state index in [1.54, 1.807) is 0 Å². The van der Waals surface area contributed by atoms with Crippen molar-refractivity contribution in [3.63, 3.8) is 0 Å². The number of ether oxygens (including phenoxy) is 1. The van der Waals surface area contributed by atoms with Crippen molar-refractivity contribution in [2.75, 3.05) is 58.9 Å². The molecular formula is C28H36N4O3. The average Bonchev–Trinajstić information content (AvgIpc) is 2.85. The Labute approximate surface area is 208 Å². The number of benzene rings is 2. The molecule has 3 fully saturated rings. The van der Waals surface area contributed by atoms with E-state index in [9.17, 15) is 9.59 Å². The third-order valence-corrected chi connectivity index (χ3v) is 7.57. The highest BCUT2D eigenvalue weighted by atomic mass is 16.5. The smallest absolute Gasteiger partial charge is 0.236 e. The summed E-state index contributed by atoms with van der Waals surface area (Å²) in [6.45, 7) is 7.01. The average molecular weight is 477 g/mol. The van der Waals surface area contributed by atoms with E-state index >= 15 is 0 Å². The lowest BCUT2D eigenvalue weighted by atomic mass is 9.91. The number of hydrogen-bond acceptors (Lipinski definition) is 5. The molecule has 2 aromatic carbocycles. The first-order chi connectivity index (χ1) is 17.1. The summed E-state index contributed by atoms with van der Waals surface area (Å²) in [5, 5.41) is 0. The fraction of sp³-hybridized carbons (Fsp3) is 0.500. The molecule has 0 spiro atoms. The van der Waals surface area contributed by atoms with Crippen molar-refractivity contribution < 1.29 is 14.3 Å². The predicted octanol–water partition coefficient (Wildman–Crippen LogP) is 2.86. The van der Waals surface area contributed by atoms with E-state index < -0.39 is 0 Å². The van der Waals surface area contributed by atoms with Crippen LogP contribution in [0.1, 0.15) is 24.8 Å². The third kappa shape index (κ3) is 6.21. The molecule has 0 aromatic heterocycles. The van der Waals surface area contributed by atoms with Gasteiger partial charge in [-0.3, -0.25) is 19.4 Å². The van der Waals surface area contributed by atoms with Gasteiger partial charge in [-0.25, -0.2) is 0 Å². The normalized spacial score (nSPS) is 19.9. The molecule has 2 aromatic rings. The number of para-hydroxylation sites is 1. The standard InChI is InChI=1S/C28H36N4O3/c33-27(21-23-6-4-11-26(20-23)35-25-9-2-1-3-10-25)31-14-12-29(13-15-31)22-28(34)32-18-16-30(17-19-32)24-7-5-8-24/h1-4,6,9-11,20,24H,5,7-8,12-19,21-22H2. The van der Waals surface area contributed by atoms with Crippen LogP contribution in [0.3, 0.4) is 0 Å². The molecule has 0 atom stereocenters. The summed E-state index contributed by atoms with van der Waals surface area (Å²) < 4.78 is 5.90. The summed E-state index contributed by atoms with van der Waals surface area (Å²) in [4.78, 5) is 34.4. The summed E-state index contributed by atoms with van der Waals surface area (Å²) in [5.41, 5.74) is 0.946. The van der Waals surface area contributed by atoms with Crippen LogP contribution in [0, 0.1) is 0 Å². The maximum Gasteiger partial charge on any atom is 0.236 e. The largest absolute Gasteiger partial charge is 0.457 e. The molecule has 2 aliphatic heterocycles. The Morgan fingerprint density at radius 3 is 2.09 bits per heavy atom. The second-order valence-corrected chi connectivity index (χ2v) is 9.90. The Morgan fingerprint density at radius 1 is 0.743 bits per heavy atom. The first kappa shape index (κ1) is 23.8. The summed E-state index contributed by atoms with van der Waals surface area (Å²) in [6.07, 6.45) is 4.36. The van der Waals surface area contributed by atoms with Crippen molar-refractivity contribution in [3.8, 4) is 11.5 Å². The zero-order valence-corrected chi connectivity index (χ0v) is 20.5. The van der Waals surface area contributed by atoms with Crippen molar-refractivity contribution in [3.05, 3.63) is 60.2 Å². The lowest BCUT2D eigenvalue weighted by molar-refractivity contribution is -0.136. The molecule has 1 aliphatic carbocycles. The molecule has 2 heterocycles. The van der Waals surface area contributed by atoms with Gasteiger partial charge < -0.3 is 14.5 Å². The molecule has 2 saturated heterocycles. The molecule has 0 radical (unpaired) electrons. The molecule has 1 saturated carbocycles. The van der Waals surface area contributed by atoms with Gasteiger partial charge in [0.2, 0.25) is 11.8 Å². The Bertz CT molecular complexity index is 994. The summed E-state index contributed by atoms with van der Waals surface area (Å²) >= 11 is 0. The van der Waals surface area contributed by atoms with E-state index in [0.717, 1.165) is 62.4 Å². The maximum atomic E-state index is 12.9. The first-order valence-electron chi connectivity index (χ1n) is 13.0. The molecule has 2 amide bonds. The molecule has 7 heteroatoms. The van der Waals surface area contributed by atoms with Gasteiger partial charge in [-0.15, -0.1) is 0 Å². The van der Waals surface area contributed by atoms with Gasteiger partial charge in [-0.05, 0) is 42.7 Å². The molecule has 0 bridgehead atoms. The van der Waals surface area contributed by atoms with Crippen LogP contribution < -0.4 is 4.74 Å². The summed E-state index contributed by atoms with van der Waals surface area (Å²) in [7, 11) is 0. The highest BCUT2D eigenvalue weighted by molar-refractivity contribution is 5.79. The Balaban J connectivity index is 1.04. The minimum Gasteiger partial charge on any atom is -0.457 e. The molecule has 35 heavy (non-hydrogen) atoms. The van der Waals surface area contributed by atoms with Crippen LogP contribution in [0.25, 0.3) is 0 Å². The van der Waals surface area contributed by atoms with E-state index in [2.05, 4.69) is 9.80 Å². The van der Waals surface area contributed by atoms with Crippen LogP contribution in [0.5, 0.6) is 11.5 Å². The number of piperazine rings is 2. The Kier molecular flexibility index (Phi) is 7.64. The van der Waals surface area contributed by atoms with Crippen molar-refractivity contribution in [1.29, 1.82) is 0 Å². The van der Waals surface area contributed by atoms with Crippen molar-refractivity contribution in [2.24, 2.45) is 0 Å². The maximum absolute atomic E-state index is 12.9. The first-order valence-corrected chi connectivity index (χ1v) is 13.0. The van der Waals surface area contributed by atoms with E-state index in [-0.39, 0.29) is 11.8 Å². The molecule has 0 unspecified atom stereocenters. The minimum absolute atomic E-state index is 0.125. The van der Waals surface area contributed by atoms with Gasteiger partial charge in [-0.2, -0.15) is 0 Å². The van der Waals surface area contributed by atoms with Gasteiger partial charge in [0.25, 0.3) is 0 Å². The topological polar surface area (TPSA) is 56.3 Å². The van der Waals surface area contributed by atoms with E-state index in [0.29, 0.717) is 26.1 Å². The van der Waals surface area contributed by atoms with Gasteiger partial charge in [0.15, 0.2) is 0 Å². The molecule has 7 nitrogen and oxygen atoms in total. The van der Waals surface area contributed by atoms with Gasteiger partial charge in [-0.1, -0.05) is 36.8 Å². The zero-order valence-electron chi connectivity index (χ0n) is 20.5. The predicted molar refractivity (Wildman–Crippen MR) is 135 cm³/mol. The minimum atomic E-state index is 0.125. The van der Waals surface area contributed by atoms with Crippen molar-refractivity contribution in [2.45, 2.75) is 31.7 Å². The van der Waals surface area contributed by atoms with Crippen LogP contribution in [-0.4, -0.2) is 96.4 Å². The number of hydrogen-bond donors (Lipinski definition) is 0. The fourth-order valence-electron chi connectivity index (χ4n) is 5.16. The zero-order chi connectivity index (χ0) is 24.0. The van der Waals surface area contributed by atoms with Crippen LogP contribution in [0.2, 0.25) is 0 Å². The highest BCUT2D eigenvalue weighted by Gasteiger charge is 2.30. The van der Waals surface area contributed by atoms with E-state index in [1.807, 2.05) is 64.4 Å². The number of carbonyl (C=O) groups is 2. The fourth-order valence-corrected chi connectivity index (χ4v) is 5.16. The van der Waals surface area contributed by atoms with Gasteiger partial charge in [0, 0.05) is 58.4 Å². The van der Waals surface area contributed by atoms with E-state index in [4.69, 9.17) is 4.74 Å². The Hall–Kier alpha value is -2.90. The van der Waals surface area contributed by atoms with Crippen LogP contribution >= 0.6 is 0 Å². The number of carbonyl (C=O) groups excluding carboxylic acids is 2. The molecule has 3 aliphatic rings. The van der Waals surface area contributed by atoms with Gasteiger partial charge in [0.05, 0.1) is 13.0 Å². The van der Waals surface area contributed by atoms with Crippen LogP contribution in [0.15, 0.2) is 54.6 Å². The van der Waals surface area contributed by atoms with E-state index in [1.165, 1.54) is 19.3 Å². The lowest BCUT2D eigenvalue weighted by Crippen LogP contribution is -2.56. The third-order valence-electron chi connectivity index (χ3n) is 7.57. The van der Waals surface area contributed by atoms with Crippen LogP contribution in [-0.2, 0) is 16.0 Å². The summed E-state index contributed by atoms with van der Waals surface area (Å²) in [6, 6.07) is 18.2. The second kappa shape index (κ2) is 11.2. The number of amides is 2. The van der Waals surface area contributed by atoms with Crippen molar-refractivity contribution >= 4 is 11.8 Å². The SMILES string of the molecule is O=C(Cc1cccc(Oc2ccccc2)c1)N1CCN(CC(=O)N2CCN(C3CCC3)CC2)CC1. The lowest BCUT2D eigenvalue weighted by Gasteiger charge is -2.43. The van der Waals surface area contributed by atoms with Gasteiger partial charge in [0.1, 0.15) is 11.5 Å². The summed E-state index contributed by atoms with van der Waals surface area (Å²) in [5.74, 6) is 1.87. The quantitative estimate of drug-likeness (QED) is 0.615. The molecule has 5 rings (SSSR count). The molecule has 186 valence electrons. The Morgan fingerprint density at radius 2 is 1.40 bits per heavy atom. The van der Waals surface area contributed by atoms with Crippen molar-refractivity contribution in [1.82, 2.24) is 19.6 Å². The molecule has 0 N–H and O–H groups in total. The monoisotopic (exact) mass is 476 g/mol. The molecular weight excluding hydrogens is 440 g/mol. The number of nitrogens with zero attached hydrogens (tertiary/aromatic N) is 4. The van der Waals surface area contributed by atoms with Crippen LogP contribution in [0.4, 0.5) is 0 Å². The second-order valence-electron chi connectivity index (χ2n) is 9.90. The van der Waals surface area contributed by atoms with Gasteiger partial charge >= 0.3 is 0 Å². The highest BCUT2D eigenvalue weighted by Crippen LogP contribution is 2.25. The number of rotatable bonds is 7.